The van der Waals surface area contributed by atoms with E-state index < -0.39 is 0 Å². The summed E-state index contributed by atoms with van der Waals surface area (Å²) in [5, 5.41) is 5.07. The maximum atomic E-state index is 2.31. The van der Waals surface area contributed by atoms with Crippen LogP contribution >= 0.6 is 0 Å². The molecule has 7 rings (SSSR count). The van der Waals surface area contributed by atoms with Gasteiger partial charge in [-0.05, 0) is 90.3 Å². The lowest BCUT2D eigenvalue weighted by Gasteiger charge is -2.11. The van der Waals surface area contributed by atoms with E-state index in [2.05, 4.69) is 158 Å². The minimum absolute atomic E-state index is 1.23. The average molecular weight is 483 g/mol. The lowest BCUT2D eigenvalue weighted by Crippen LogP contribution is -1.85. The van der Waals surface area contributed by atoms with Crippen LogP contribution in [0.1, 0.15) is 0 Å². The zero-order valence-electron chi connectivity index (χ0n) is 21.0. The molecular formula is C38H26. The molecule has 0 aliphatic carbocycles. The van der Waals surface area contributed by atoms with Gasteiger partial charge in [0.1, 0.15) is 0 Å². The Kier molecular flexibility index (Phi) is 5.57. The van der Waals surface area contributed by atoms with E-state index in [1.165, 1.54) is 66.1 Å². The van der Waals surface area contributed by atoms with Gasteiger partial charge >= 0.3 is 0 Å². The van der Waals surface area contributed by atoms with Crippen molar-refractivity contribution in [3.63, 3.8) is 0 Å². The van der Waals surface area contributed by atoms with Crippen LogP contribution in [0.15, 0.2) is 158 Å². The molecule has 0 unspecified atom stereocenters. The van der Waals surface area contributed by atoms with E-state index in [9.17, 15) is 0 Å². The van der Waals surface area contributed by atoms with E-state index in [0.717, 1.165) is 0 Å². The molecule has 0 nitrogen and oxygen atoms in total. The molecule has 7 aromatic carbocycles. The first-order valence-corrected chi connectivity index (χ1v) is 13.1. The van der Waals surface area contributed by atoms with Gasteiger partial charge in [-0.3, -0.25) is 0 Å². The van der Waals surface area contributed by atoms with Gasteiger partial charge in [-0.25, -0.2) is 0 Å². The third-order valence-corrected chi connectivity index (χ3v) is 7.44. The average Bonchev–Trinajstić information content (AvgIpc) is 3.01. The van der Waals surface area contributed by atoms with Crippen molar-refractivity contribution in [2.75, 3.05) is 0 Å². The van der Waals surface area contributed by atoms with Crippen molar-refractivity contribution in [2.24, 2.45) is 0 Å². The molecule has 0 N–H and O–H groups in total. The van der Waals surface area contributed by atoms with Gasteiger partial charge in [-0.2, -0.15) is 0 Å². The number of rotatable bonds is 4. The van der Waals surface area contributed by atoms with Crippen molar-refractivity contribution in [3.05, 3.63) is 158 Å². The molecule has 0 saturated heterocycles. The van der Waals surface area contributed by atoms with Crippen LogP contribution in [0.5, 0.6) is 0 Å². The van der Waals surface area contributed by atoms with Crippen LogP contribution in [-0.4, -0.2) is 0 Å². The third kappa shape index (κ3) is 4.17. The Labute approximate surface area is 223 Å². The van der Waals surface area contributed by atoms with Crippen LogP contribution in [0, 0.1) is 0 Å². The Morgan fingerprint density at radius 2 is 0.711 bits per heavy atom. The zero-order chi connectivity index (χ0) is 25.3. The van der Waals surface area contributed by atoms with E-state index in [-0.39, 0.29) is 0 Å². The predicted octanol–water partition coefficient (Wildman–Crippen LogP) is 10.7. The predicted molar refractivity (Wildman–Crippen MR) is 163 cm³/mol. The summed E-state index contributed by atoms with van der Waals surface area (Å²) < 4.78 is 0. The Bertz CT molecular complexity index is 1910. The first kappa shape index (κ1) is 22.3. The summed E-state index contributed by atoms with van der Waals surface area (Å²) in [5.41, 5.74) is 9.92. The summed E-state index contributed by atoms with van der Waals surface area (Å²) in [6.07, 6.45) is 0. The molecule has 0 fully saturated rings. The van der Waals surface area contributed by atoms with E-state index in [0.29, 0.717) is 0 Å². The van der Waals surface area contributed by atoms with Crippen LogP contribution in [0.2, 0.25) is 0 Å². The van der Waals surface area contributed by atoms with Crippen molar-refractivity contribution in [3.8, 4) is 44.5 Å². The molecule has 0 heterocycles. The van der Waals surface area contributed by atoms with Crippen LogP contribution in [0.25, 0.3) is 66.1 Å². The Hall–Kier alpha value is -4.94. The highest BCUT2D eigenvalue weighted by atomic mass is 14.1. The molecule has 7 aromatic rings. The van der Waals surface area contributed by atoms with Crippen LogP contribution in [-0.2, 0) is 0 Å². The summed E-state index contributed by atoms with van der Waals surface area (Å²) >= 11 is 0. The molecule has 0 aliphatic heterocycles. The Balaban J connectivity index is 1.24. The molecule has 0 heteroatoms. The van der Waals surface area contributed by atoms with Crippen LogP contribution in [0.4, 0.5) is 0 Å². The third-order valence-electron chi connectivity index (χ3n) is 7.44. The fourth-order valence-electron chi connectivity index (χ4n) is 5.46. The number of hydrogen-bond donors (Lipinski definition) is 0. The van der Waals surface area contributed by atoms with E-state index >= 15 is 0 Å². The smallest absolute Gasteiger partial charge is 0.0105 e. The van der Waals surface area contributed by atoms with E-state index in [1.54, 1.807) is 0 Å². The lowest BCUT2D eigenvalue weighted by atomic mass is 9.93. The SMILES string of the molecule is c1ccc(-c2ccc3cc(-c4cccc(-c5cccc(-c6cccc7ccccc67)c5)c4)ccc3c2)cc1. The molecule has 0 radical (unpaired) electrons. The highest BCUT2D eigenvalue weighted by molar-refractivity contribution is 5.97. The summed E-state index contributed by atoms with van der Waals surface area (Å²) in [6, 6.07) is 57.0. The summed E-state index contributed by atoms with van der Waals surface area (Å²) in [5.74, 6) is 0. The molecule has 38 heavy (non-hydrogen) atoms. The van der Waals surface area contributed by atoms with Gasteiger partial charge in [0.2, 0.25) is 0 Å². The van der Waals surface area contributed by atoms with Crippen molar-refractivity contribution in [2.45, 2.75) is 0 Å². The maximum Gasteiger partial charge on any atom is -0.0105 e. The van der Waals surface area contributed by atoms with Crippen molar-refractivity contribution < 1.29 is 0 Å². The fraction of sp³-hybridized carbons (Fsp3) is 0. The monoisotopic (exact) mass is 482 g/mol. The van der Waals surface area contributed by atoms with Gasteiger partial charge < -0.3 is 0 Å². The van der Waals surface area contributed by atoms with Crippen molar-refractivity contribution in [1.29, 1.82) is 0 Å². The molecule has 0 aromatic heterocycles. The second-order valence-electron chi connectivity index (χ2n) is 9.83. The number of hydrogen-bond acceptors (Lipinski definition) is 0. The number of fused-ring (bicyclic) bond motifs is 2. The zero-order valence-corrected chi connectivity index (χ0v) is 21.0. The first-order chi connectivity index (χ1) is 18.8. The highest BCUT2D eigenvalue weighted by Gasteiger charge is 2.08. The van der Waals surface area contributed by atoms with E-state index in [1.807, 2.05) is 0 Å². The molecule has 0 atom stereocenters. The standard InChI is InChI=1S/C38H26/c1-2-9-27(10-3-1)32-19-20-35-25-33(21-22-34(35)24-32)30-14-6-13-29(23-30)31-15-7-16-36(26-31)38-18-8-12-28-11-4-5-17-37(28)38/h1-26H. The second kappa shape index (κ2) is 9.50. The van der Waals surface area contributed by atoms with Gasteiger partial charge in [-0.1, -0.05) is 133 Å². The summed E-state index contributed by atoms with van der Waals surface area (Å²) in [4.78, 5) is 0. The largest absolute Gasteiger partial charge is 0.0622 e. The van der Waals surface area contributed by atoms with Crippen LogP contribution < -0.4 is 0 Å². The molecule has 178 valence electrons. The molecule has 0 aliphatic rings. The van der Waals surface area contributed by atoms with Crippen molar-refractivity contribution in [1.82, 2.24) is 0 Å². The Morgan fingerprint density at radius 3 is 1.42 bits per heavy atom. The first-order valence-electron chi connectivity index (χ1n) is 13.1. The van der Waals surface area contributed by atoms with Crippen LogP contribution in [0.3, 0.4) is 0 Å². The summed E-state index contributed by atoms with van der Waals surface area (Å²) in [7, 11) is 0. The molecule has 0 saturated carbocycles. The lowest BCUT2D eigenvalue weighted by molar-refractivity contribution is 1.59. The number of benzene rings is 7. The normalized spacial score (nSPS) is 11.2. The van der Waals surface area contributed by atoms with Gasteiger partial charge in [0.15, 0.2) is 0 Å². The van der Waals surface area contributed by atoms with Gasteiger partial charge in [0.05, 0.1) is 0 Å². The molecule has 0 amide bonds. The molecule has 0 spiro atoms. The summed E-state index contributed by atoms with van der Waals surface area (Å²) in [6.45, 7) is 0. The Morgan fingerprint density at radius 1 is 0.237 bits per heavy atom. The van der Waals surface area contributed by atoms with E-state index in [4.69, 9.17) is 0 Å². The maximum absolute atomic E-state index is 2.31. The quantitative estimate of drug-likeness (QED) is 0.234. The molecule has 0 bridgehead atoms. The van der Waals surface area contributed by atoms with Gasteiger partial charge in [-0.15, -0.1) is 0 Å². The second-order valence-corrected chi connectivity index (χ2v) is 9.83. The molecular weight excluding hydrogens is 456 g/mol. The van der Waals surface area contributed by atoms with Gasteiger partial charge in [0.25, 0.3) is 0 Å². The highest BCUT2D eigenvalue weighted by Crippen LogP contribution is 2.34. The fourth-order valence-corrected chi connectivity index (χ4v) is 5.46. The van der Waals surface area contributed by atoms with Crippen molar-refractivity contribution >= 4 is 21.5 Å². The minimum Gasteiger partial charge on any atom is -0.0622 e. The van der Waals surface area contributed by atoms with Gasteiger partial charge in [0, 0.05) is 0 Å². The topological polar surface area (TPSA) is 0 Å². The minimum atomic E-state index is 1.23.